The third-order valence-corrected chi connectivity index (χ3v) is 3.37. The number of carbonyl (C=O) groups excluding carboxylic acids is 2. The highest BCUT2D eigenvalue weighted by Crippen LogP contribution is 2.36. The van der Waals surface area contributed by atoms with Gasteiger partial charge in [-0.05, 0) is 23.8 Å². The van der Waals surface area contributed by atoms with Crippen molar-refractivity contribution in [1.29, 1.82) is 0 Å². The Labute approximate surface area is 122 Å². The van der Waals surface area contributed by atoms with Gasteiger partial charge in [0.05, 0.1) is 18.3 Å². The Kier molecular flexibility index (Phi) is 3.64. The number of amides is 1. The Bertz CT molecular complexity index is 670. The SMILES string of the molecule is O=C(C[C@@H]1CC(=O)Oc2ccccc21)Nc1cccnc1. The van der Waals surface area contributed by atoms with Crippen LogP contribution in [-0.2, 0) is 9.59 Å². The van der Waals surface area contributed by atoms with Gasteiger partial charge in [-0.2, -0.15) is 0 Å². The Balaban J connectivity index is 1.73. The number of esters is 1. The molecule has 3 rings (SSSR count). The third-order valence-electron chi connectivity index (χ3n) is 3.37. The van der Waals surface area contributed by atoms with Gasteiger partial charge in [-0.15, -0.1) is 0 Å². The summed E-state index contributed by atoms with van der Waals surface area (Å²) < 4.78 is 5.18. The monoisotopic (exact) mass is 282 g/mol. The van der Waals surface area contributed by atoms with Gasteiger partial charge in [-0.25, -0.2) is 0 Å². The van der Waals surface area contributed by atoms with Gasteiger partial charge in [0, 0.05) is 18.5 Å². The maximum Gasteiger partial charge on any atom is 0.311 e. The average molecular weight is 282 g/mol. The van der Waals surface area contributed by atoms with Crippen LogP contribution in [0.2, 0.25) is 0 Å². The van der Waals surface area contributed by atoms with E-state index in [0.717, 1.165) is 5.56 Å². The number of nitrogens with one attached hydrogen (secondary N) is 1. The first-order valence-corrected chi connectivity index (χ1v) is 6.72. The number of hydrogen-bond donors (Lipinski definition) is 1. The minimum absolute atomic E-state index is 0.141. The fraction of sp³-hybridized carbons (Fsp3) is 0.188. The molecule has 0 spiro atoms. The van der Waals surface area contributed by atoms with Gasteiger partial charge in [0.25, 0.3) is 0 Å². The highest BCUT2D eigenvalue weighted by atomic mass is 16.5. The number of para-hydroxylation sites is 1. The maximum atomic E-state index is 12.1. The molecule has 1 aliphatic rings. The van der Waals surface area contributed by atoms with E-state index in [4.69, 9.17) is 4.74 Å². The van der Waals surface area contributed by atoms with E-state index in [2.05, 4.69) is 10.3 Å². The third kappa shape index (κ3) is 3.08. The minimum atomic E-state index is -0.298. The number of nitrogens with zero attached hydrogens (tertiary/aromatic N) is 1. The van der Waals surface area contributed by atoms with E-state index in [1.807, 2.05) is 18.2 Å². The van der Waals surface area contributed by atoms with E-state index < -0.39 is 0 Å². The van der Waals surface area contributed by atoms with Crippen LogP contribution in [0.5, 0.6) is 5.75 Å². The van der Waals surface area contributed by atoms with Crippen LogP contribution in [0.15, 0.2) is 48.8 Å². The summed E-state index contributed by atoms with van der Waals surface area (Å²) in [6.07, 6.45) is 3.68. The molecular weight excluding hydrogens is 268 g/mol. The molecule has 0 unspecified atom stereocenters. The maximum absolute atomic E-state index is 12.1. The lowest BCUT2D eigenvalue weighted by molar-refractivity contribution is -0.136. The molecule has 1 aromatic carbocycles. The molecule has 1 aromatic heterocycles. The van der Waals surface area contributed by atoms with Gasteiger partial charge >= 0.3 is 5.97 Å². The van der Waals surface area contributed by atoms with E-state index in [1.54, 1.807) is 30.6 Å². The van der Waals surface area contributed by atoms with Crippen LogP contribution in [0, 0.1) is 0 Å². The van der Waals surface area contributed by atoms with Crippen molar-refractivity contribution >= 4 is 17.6 Å². The van der Waals surface area contributed by atoms with Crippen LogP contribution in [0.4, 0.5) is 5.69 Å². The molecule has 21 heavy (non-hydrogen) atoms. The molecule has 0 saturated heterocycles. The summed E-state index contributed by atoms with van der Waals surface area (Å²) in [4.78, 5) is 27.7. The van der Waals surface area contributed by atoms with E-state index in [1.165, 1.54) is 0 Å². The molecule has 2 heterocycles. The van der Waals surface area contributed by atoms with E-state index in [9.17, 15) is 9.59 Å². The molecule has 1 amide bonds. The average Bonchev–Trinajstić information content (AvgIpc) is 2.48. The van der Waals surface area contributed by atoms with Crippen molar-refractivity contribution in [2.24, 2.45) is 0 Å². The Morgan fingerprint density at radius 3 is 2.95 bits per heavy atom. The molecule has 1 N–H and O–H groups in total. The summed E-state index contributed by atoms with van der Waals surface area (Å²) >= 11 is 0. The molecule has 1 atom stereocenters. The Morgan fingerprint density at radius 1 is 1.29 bits per heavy atom. The number of carbonyl (C=O) groups is 2. The molecule has 0 fully saturated rings. The van der Waals surface area contributed by atoms with Crippen molar-refractivity contribution in [1.82, 2.24) is 4.98 Å². The predicted molar refractivity (Wildman–Crippen MR) is 76.9 cm³/mol. The van der Waals surface area contributed by atoms with E-state index in [-0.39, 0.29) is 30.6 Å². The number of anilines is 1. The second-order valence-corrected chi connectivity index (χ2v) is 4.91. The molecule has 0 radical (unpaired) electrons. The van der Waals surface area contributed by atoms with Gasteiger partial charge in [0.2, 0.25) is 5.91 Å². The fourth-order valence-corrected chi connectivity index (χ4v) is 2.44. The second kappa shape index (κ2) is 5.75. The fourth-order valence-electron chi connectivity index (χ4n) is 2.44. The lowest BCUT2D eigenvalue weighted by Crippen LogP contribution is -2.24. The molecule has 5 heteroatoms. The first-order valence-electron chi connectivity index (χ1n) is 6.72. The number of benzene rings is 1. The van der Waals surface area contributed by atoms with Crippen LogP contribution in [0.25, 0.3) is 0 Å². The largest absolute Gasteiger partial charge is 0.426 e. The summed E-state index contributed by atoms with van der Waals surface area (Å²) in [7, 11) is 0. The van der Waals surface area contributed by atoms with Gasteiger partial charge in [0.1, 0.15) is 5.75 Å². The standard InChI is InChI=1S/C16H14N2O3/c19-15(18-12-4-3-7-17-10-12)8-11-9-16(20)21-14-6-2-1-5-13(11)14/h1-7,10-11H,8-9H2,(H,18,19)/t11-/m1/s1. The number of rotatable bonds is 3. The second-order valence-electron chi connectivity index (χ2n) is 4.91. The number of fused-ring (bicyclic) bond motifs is 1. The lowest BCUT2D eigenvalue weighted by atomic mass is 9.89. The summed E-state index contributed by atoms with van der Waals surface area (Å²) in [5.41, 5.74) is 1.55. The molecule has 1 aliphatic heterocycles. The van der Waals surface area contributed by atoms with Crippen LogP contribution >= 0.6 is 0 Å². The van der Waals surface area contributed by atoms with Gasteiger partial charge < -0.3 is 10.1 Å². The molecular formula is C16H14N2O3. The zero-order chi connectivity index (χ0) is 14.7. The van der Waals surface area contributed by atoms with E-state index in [0.29, 0.717) is 11.4 Å². The first kappa shape index (κ1) is 13.3. The summed E-state index contributed by atoms with van der Waals surface area (Å²) in [5, 5.41) is 2.78. The first-order chi connectivity index (χ1) is 10.2. The minimum Gasteiger partial charge on any atom is -0.426 e. The number of aromatic nitrogens is 1. The van der Waals surface area contributed by atoms with Crippen LogP contribution in [-0.4, -0.2) is 16.9 Å². The topological polar surface area (TPSA) is 68.3 Å². The zero-order valence-electron chi connectivity index (χ0n) is 11.3. The van der Waals surface area contributed by atoms with Crippen LogP contribution in [0.1, 0.15) is 24.3 Å². The lowest BCUT2D eigenvalue weighted by Gasteiger charge is -2.23. The zero-order valence-corrected chi connectivity index (χ0v) is 11.3. The highest BCUT2D eigenvalue weighted by molar-refractivity contribution is 5.91. The molecule has 0 saturated carbocycles. The quantitative estimate of drug-likeness (QED) is 0.693. The number of pyridine rings is 1. The van der Waals surface area contributed by atoms with Gasteiger partial charge in [0.15, 0.2) is 0 Å². The van der Waals surface area contributed by atoms with Crippen LogP contribution < -0.4 is 10.1 Å². The Hall–Kier alpha value is -2.69. The molecule has 5 nitrogen and oxygen atoms in total. The molecule has 2 aromatic rings. The van der Waals surface area contributed by atoms with Crippen molar-refractivity contribution in [2.45, 2.75) is 18.8 Å². The normalized spacial score (nSPS) is 16.8. The van der Waals surface area contributed by atoms with Gasteiger partial charge in [-0.1, -0.05) is 18.2 Å². The van der Waals surface area contributed by atoms with Crippen molar-refractivity contribution in [3.05, 3.63) is 54.4 Å². The van der Waals surface area contributed by atoms with Crippen molar-refractivity contribution in [2.75, 3.05) is 5.32 Å². The molecule has 0 aliphatic carbocycles. The van der Waals surface area contributed by atoms with Crippen molar-refractivity contribution in [3.63, 3.8) is 0 Å². The molecule has 106 valence electrons. The van der Waals surface area contributed by atoms with Crippen molar-refractivity contribution < 1.29 is 14.3 Å². The molecule has 0 bridgehead atoms. The predicted octanol–water partition coefficient (Wildman–Crippen LogP) is 2.50. The summed E-state index contributed by atoms with van der Waals surface area (Å²) in [5.74, 6) is -0.0440. The number of ether oxygens (including phenoxy) is 1. The smallest absolute Gasteiger partial charge is 0.311 e. The summed E-state index contributed by atoms with van der Waals surface area (Å²) in [6.45, 7) is 0. The van der Waals surface area contributed by atoms with Crippen LogP contribution in [0.3, 0.4) is 0 Å². The number of hydrogen-bond acceptors (Lipinski definition) is 4. The highest BCUT2D eigenvalue weighted by Gasteiger charge is 2.28. The van der Waals surface area contributed by atoms with Gasteiger partial charge in [-0.3, -0.25) is 14.6 Å². The Morgan fingerprint density at radius 2 is 2.14 bits per heavy atom. The van der Waals surface area contributed by atoms with E-state index >= 15 is 0 Å². The summed E-state index contributed by atoms with van der Waals surface area (Å²) in [6, 6.07) is 10.9. The van der Waals surface area contributed by atoms with Crippen molar-refractivity contribution in [3.8, 4) is 5.75 Å².